The Labute approximate surface area is 185 Å². The summed E-state index contributed by atoms with van der Waals surface area (Å²) in [5.41, 5.74) is 0.340. The average molecular weight is 448 g/mol. The minimum Gasteiger partial charge on any atom is -0.341 e. The maximum Gasteiger partial charge on any atom is 0.254 e. The number of nitrogens with zero attached hydrogens (tertiary/aromatic N) is 3. The Morgan fingerprint density at radius 2 is 1.58 bits per heavy atom. The Morgan fingerprint density at radius 1 is 0.903 bits per heavy atom. The zero-order valence-electron chi connectivity index (χ0n) is 18.3. The van der Waals surface area contributed by atoms with Gasteiger partial charge in [0.05, 0.1) is 4.90 Å². The third-order valence-corrected chi connectivity index (χ3v) is 8.91. The highest BCUT2D eigenvalue weighted by Crippen LogP contribution is 2.27. The number of likely N-dealkylation sites (tertiary alicyclic amines) is 2. The lowest BCUT2D eigenvalue weighted by Crippen LogP contribution is -2.52. The number of amides is 2. The Kier molecular flexibility index (Phi) is 6.67. The molecule has 0 bridgehead atoms. The largest absolute Gasteiger partial charge is 0.341 e. The lowest BCUT2D eigenvalue weighted by atomic mass is 9.99. The lowest BCUT2D eigenvalue weighted by Gasteiger charge is -2.37. The van der Waals surface area contributed by atoms with Crippen LogP contribution in [0.25, 0.3) is 0 Å². The third-order valence-electron chi connectivity index (χ3n) is 6.90. The van der Waals surface area contributed by atoms with Gasteiger partial charge in [-0.1, -0.05) is 12.5 Å². The lowest BCUT2D eigenvalue weighted by molar-refractivity contribution is -0.136. The quantitative estimate of drug-likeness (QED) is 0.711. The van der Waals surface area contributed by atoms with E-state index in [9.17, 15) is 18.0 Å². The predicted molar refractivity (Wildman–Crippen MR) is 118 cm³/mol. The van der Waals surface area contributed by atoms with Gasteiger partial charge in [-0.15, -0.1) is 0 Å². The molecule has 0 spiro atoms. The summed E-state index contributed by atoms with van der Waals surface area (Å²) in [7, 11) is -3.65. The van der Waals surface area contributed by atoms with E-state index in [1.807, 2.05) is 11.8 Å². The fraction of sp³-hybridized carbons (Fsp3) is 0.652. The molecule has 31 heavy (non-hydrogen) atoms. The summed E-state index contributed by atoms with van der Waals surface area (Å²) in [6.07, 6.45) is 7.23. The minimum absolute atomic E-state index is 0.0384. The monoisotopic (exact) mass is 447 g/mol. The van der Waals surface area contributed by atoms with Crippen molar-refractivity contribution in [2.45, 2.75) is 75.3 Å². The van der Waals surface area contributed by atoms with Crippen molar-refractivity contribution in [2.24, 2.45) is 0 Å². The van der Waals surface area contributed by atoms with Crippen LogP contribution in [0.5, 0.6) is 0 Å². The Bertz CT molecular complexity index is 927. The summed E-state index contributed by atoms with van der Waals surface area (Å²) in [6, 6.07) is 5.87. The van der Waals surface area contributed by atoms with Crippen LogP contribution in [-0.4, -0.2) is 72.6 Å². The second kappa shape index (κ2) is 9.28. The van der Waals surface area contributed by atoms with Gasteiger partial charge in [-0.05, 0) is 70.1 Å². The molecule has 0 radical (unpaired) electrons. The molecule has 3 saturated heterocycles. The molecule has 8 heteroatoms. The van der Waals surface area contributed by atoms with Gasteiger partial charge in [0.1, 0.15) is 6.04 Å². The smallest absolute Gasteiger partial charge is 0.254 e. The van der Waals surface area contributed by atoms with E-state index in [0.717, 1.165) is 58.0 Å². The van der Waals surface area contributed by atoms with E-state index in [4.69, 9.17) is 0 Å². The van der Waals surface area contributed by atoms with E-state index in [0.29, 0.717) is 25.1 Å². The van der Waals surface area contributed by atoms with Crippen LogP contribution in [0.1, 0.15) is 68.6 Å². The van der Waals surface area contributed by atoms with Crippen LogP contribution in [0.4, 0.5) is 0 Å². The number of sulfonamides is 1. The maximum atomic E-state index is 13.4. The molecule has 0 N–H and O–H groups in total. The molecule has 1 aromatic carbocycles. The molecular formula is C23H33N3O4S. The molecule has 2 unspecified atom stereocenters. The van der Waals surface area contributed by atoms with E-state index in [1.54, 1.807) is 27.4 Å². The van der Waals surface area contributed by atoms with Gasteiger partial charge in [0.15, 0.2) is 0 Å². The molecule has 3 fully saturated rings. The van der Waals surface area contributed by atoms with Crippen molar-refractivity contribution < 1.29 is 18.0 Å². The van der Waals surface area contributed by atoms with Crippen molar-refractivity contribution in [2.75, 3.05) is 26.2 Å². The fourth-order valence-electron chi connectivity index (χ4n) is 5.10. The standard InChI is InChI=1S/C23H33N3O4S/c1-18-9-2-5-16-26(18)31(29,30)20-11-8-10-19(17-20)22(27)25-15-4-3-12-21(25)23(28)24-13-6-7-14-24/h8,10-11,17-18,21H,2-7,9,12-16H2,1H3. The molecule has 170 valence electrons. The highest BCUT2D eigenvalue weighted by molar-refractivity contribution is 7.89. The van der Waals surface area contributed by atoms with Gasteiger partial charge in [0.2, 0.25) is 15.9 Å². The predicted octanol–water partition coefficient (Wildman–Crippen LogP) is 2.87. The van der Waals surface area contributed by atoms with E-state index < -0.39 is 16.1 Å². The topological polar surface area (TPSA) is 78.0 Å². The highest BCUT2D eigenvalue weighted by atomic mass is 32.2. The number of benzene rings is 1. The molecular weight excluding hydrogens is 414 g/mol. The third kappa shape index (κ3) is 4.51. The molecule has 0 aromatic heterocycles. The summed E-state index contributed by atoms with van der Waals surface area (Å²) >= 11 is 0. The molecule has 2 amide bonds. The van der Waals surface area contributed by atoms with Gasteiger partial charge in [-0.2, -0.15) is 4.31 Å². The molecule has 0 aliphatic carbocycles. The Morgan fingerprint density at radius 3 is 2.32 bits per heavy atom. The van der Waals surface area contributed by atoms with Crippen molar-refractivity contribution in [1.29, 1.82) is 0 Å². The van der Waals surface area contributed by atoms with E-state index >= 15 is 0 Å². The van der Waals surface area contributed by atoms with E-state index in [1.165, 1.54) is 6.07 Å². The molecule has 3 aliphatic heterocycles. The summed E-state index contributed by atoms with van der Waals surface area (Å²) in [4.78, 5) is 30.1. The van der Waals surface area contributed by atoms with Gasteiger partial charge < -0.3 is 9.80 Å². The van der Waals surface area contributed by atoms with Crippen LogP contribution in [0, 0.1) is 0 Å². The summed E-state index contributed by atoms with van der Waals surface area (Å²) < 4.78 is 28.0. The van der Waals surface area contributed by atoms with Gasteiger partial charge in [-0.3, -0.25) is 9.59 Å². The normalized spacial score (nSPS) is 25.6. The Balaban J connectivity index is 1.57. The first kappa shape index (κ1) is 22.3. The van der Waals surface area contributed by atoms with Gasteiger partial charge in [0.25, 0.3) is 5.91 Å². The van der Waals surface area contributed by atoms with Crippen LogP contribution >= 0.6 is 0 Å². The van der Waals surface area contributed by atoms with Crippen molar-refractivity contribution in [3.8, 4) is 0 Å². The SMILES string of the molecule is CC1CCCCN1S(=O)(=O)c1cccc(C(=O)N2CCCCC2C(=O)N2CCCC2)c1. The van der Waals surface area contributed by atoms with Crippen molar-refractivity contribution in [3.63, 3.8) is 0 Å². The van der Waals surface area contributed by atoms with Crippen molar-refractivity contribution in [3.05, 3.63) is 29.8 Å². The average Bonchev–Trinajstić information content (AvgIpc) is 3.33. The minimum atomic E-state index is -3.65. The number of hydrogen-bond acceptors (Lipinski definition) is 4. The van der Waals surface area contributed by atoms with Gasteiger partial charge in [-0.25, -0.2) is 8.42 Å². The van der Waals surface area contributed by atoms with E-state index in [-0.39, 0.29) is 22.8 Å². The van der Waals surface area contributed by atoms with Crippen LogP contribution < -0.4 is 0 Å². The second-order valence-electron chi connectivity index (χ2n) is 9.03. The zero-order valence-corrected chi connectivity index (χ0v) is 19.1. The first-order valence-corrected chi connectivity index (χ1v) is 13.1. The van der Waals surface area contributed by atoms with Gasteiger partial charge in [0, 0.05) is 37.8 Å². The van der Waals surface area contributed by atoms with Crippen molar-refractivity contribution in [1.82, 2.24) is 14.1 Å². The number of rotatable bonds is 4. The van der Waals surface area contributed by atoms with Crippen LogP contribution in [0.3, 0.4) is 0 Å². The number of piperidine rings is 2. The number of carbonyl (C=O) groups is 2. The first-order chi connectivity index (χ1) is 14.9. The fourth-order valence-corrected chi connectivity index (χ4v) is 6.85. The highest BCUT2D eigenvalue weighted by Gasteiger charge is 2.37. The molecule has 0 saturated carbocycles. The summed E-state index contributed by atoms with van der Waals surface area (Å²) in [5, 5.41) is 0. The molecule has 3 aliphatic rings. The number of carbonyl (C=O) groups excluding carboxylic acids is 2. The van der Waals surface area contributed by atoms with Crippen molar-refractivity contribution >= 4 is 21.8 Å². The van der Waals surface area contributed by atoms with Gasteiger partial charge >= 0.3 is 0 Å². The molecule has 2 atom stereocenters. The summed E-state index contributed by atoms with van der Waals surface area (Å²) in [6.45, 7) is 4.51. The van der Waals surface area contributed by atoms with E-state index in [2.05, 4.69) is 0 Å². The number of hydrogen-bond donors (Lipinski definition) is 0. The molecule has 7 nitrogen and oxygen atoms in total. The molecule has 4 rings (SSSR count). The summed E-state index contributed by atoms with van der Waals surface area (Å²) in [5.74, 6) is -0.211. The van der Waals surface area contributed by atoms with Crippen LogP contribution in [0.2, 0.25) is 0 Å². The molecule has 1 aromatic rings. The first-order valence-electron chi connectivity index (χ1n) is 11.6. The maximum absolute atomic E-state index is 13.4. The zero-order chi connectivity index (χ0) is 22.0. The van der Waals surface area contributed by atoms with Crippen LogP contribution in [-0.2, 0) is 14.8 Å². The Hall–Kier alpha value is -1.93. The van der Waals surface area contributed by atoms with Crippen LogP contribution in [0.15, 0.2) is 29.2 Å². The second-order valence-corrected chi connectivity index (χ2v) is 10.9. The molecule has 3 heterocycles.